The molecule has 0 unspecified atom stereocenters. The van der Waals surface area contributed by atoms with Gasteiger partial charge in [-0.2, -0.15) is 5.10 Å². The number of rotatable bonds is 5. The molecule has 1 aromatic rings. The van der Waals surface area contributed by atoms with Crippen LogP contribution in [0.15, 0.2) is 0 Å². The number of hydrogen-bond acceptors (Lipinski definition) is 6. The van der Waals surface area contributed by atoms with Crippen LogP contribution >= 0.6 is 0 Å². The Bertz CT molecular complexity index is 564. The van der Waals surface area contributed by atoms with Crippen molar-refractivity contribution in [3.63, 3.8) is 0 Å². The van der Waals surface area contributed by atoms with Gasteiger partial charge in [0.15, 0.2) is 0 Å². The summed E-state index contributed by atoms with van der Waals surface area (Å²) < 4.78 is 0. The first kappa shape index (κ1) is 17.1. The Hall–Kier alpha value is -1.76. The second kappa shape index (κ2) is 7.88. The summed E-state index contributed by atoms with van der Waals surface area (Å²) in [5, 5.41) is 8.61. The van der Waals surface area contributed by atoms with Crippen molar-refractivity contribution in [2.75, 3.05) is 50.7 Å². The summed E-state index contributed by atoms with van der Waals surface area (Å²) in [6.07, 6.45) is 4.18. The third-order valence-electron chi connectivity index (χ3n) is 4.97. The fourth-order valence-corrected chi connectivity index (χ4v) is 3.45. The molecule has 7 heteroatoms. The zero-order chi connectivity index (χ0) is 16.9. The van der Waals surface area contributed by atoms with Gasteiger partial charge in [-0.3, -0.25) is 9.69 Å². The molecule has 0 saturated carbocycles. The summed E-state index contributed by atoms with van der Waals surface area (Å²) in [7, 11) is 0. The highest BCUT2D eigenvalue weighted by Crippen LogP contribution is 2.14. The second-order valence-corrected chi connectivity index (χ2v) is 6.56. The first-order valence-electron chi connectivity index (χ1n) is 9.18. The van der Waals surface area contributed by atoms with Gasteiger partial charge in [-0.15, -0.1) is 5.10 Å². The van der Waals surface area contributed by atoms with E-state index in [4.69, 9.17) is 0 Å². The Labute approximate surface area is 144 Å². The van der Waals surface area contributed by atoms with Crippen molar-refractivity contribution in [2.24, 2.45) is 0 Å². The van der Waals surface area contributed by atoms with Gasteiger partial charge in [-0.25, -0.2) is 4.98 Å². The third kappa shape index (κ3) is 3.83. The molecule has 0 spiro atoms. The highest BCUT2D eigenvalue weighted by Gasteiger charge is 2.25. The fraction of sp³-hybridized carbons (Fsp3) is 0.765. The molecule has 2 saturated heterocycles. The Morgan fingerprint density at radius 1 is 0.917 bits per heavy atom. The summed E-state index contributed by atoms with van der Waals surface area (Å²) in [4.78, 5) is 23.5. The number of hydrogen-bond donors (Lipinski definition) is 0. The smallest absolute Gasteiger partial charge is 0.245 e. The Morgan fingerprint density at radius 2 is 1.58 bits per heavy atom. The molecule has 132 valence electrons. The van der Waals surface area contributed by atoms with Gasteiger partial charge in [-0.1, -0.05) is 13.8 Å². The van der Waals surface area contributed by atoms with E-state index in [1.807, 2.05) is 4.90 Å². The molecular formula is C17H28N6O. The van der Waals surface area contributed by atoms with Crippen LogP contribution in [0.3, 0.4) is 0 Å². The third-order valence-corrected chi connectivity index (χ3v) is 4.97. The van der Waals surface area contributed by atoms with Crippen molar-refractivity contribution < 1.29 is 4.79 Å². The van der Waals surface area contributed by atoms with Crippen LogP contribution in [-0.2, 0) is 17.6 Å². The van der Waals surface area contributed by atoms with Gasteiger partial charge in [0.2, 0.25) is 11.9 Å². The molecule has 3 rings (SSSR count). The highest BCUT2D eigenvalue weighted by molar-refractivity contribution is 5.78. The van der Waals surface area contributed by atoms with E-state index in [9.17, 15) is 4.79 Å². The molecule has 0 atom stereocenters. The SMILES string of the molecule is CCc1nnc(N2CCN(C(=O)CN3CCCC3)CC2)nc1CC. The van der Waals surface area contributed by atoms with E-state index >= 15 is 0 Å². The number of likely N-dealkylation sites (tertiary alicyclic amines) is 1. The van der Waals surface area contributed by atoms with Crippen LogP contribution in [0.25, 0.3) is 0 Å². The number of anilines is 1. The topological polar surface area (TPSA) is 65.5 Å². The van der Waals surface area contributed by atoms with E-state index in [-0.39, 0.29) is 5.91 Å². The lowest BCUT2D eigenvalue weighted by atomic mass is 10.2. The van der Waals surface area contributed by atoms with E-state index in [0.717, 1.165) is 63.5 Å². The van der Waals surface area contributed by atoms with Crippen LogP contribution in [0.1, 0.15) is 38.1 Å². The van der Waals surface area contributed by atoms with Crippen molar-refractivity contribution >= 4 is 11.9 Å². The van der Waals surface area contributed by atoms with Gasteiger partial charge in [-0.05, 0) is 38.8 Å². The lowest BCUT2D eigenvalue weighted by molar-refractivity contribution is -0.132. The number of carbonyl (C=O) groups is 1. The molecule has 7 nitrogen and oxygen atoms in total. The number of carbonyl (C=O) groups excluding carboxylic acids is 1. The second-order valence-electron chi connectivity index (χ2n) is 6.56. The van der Waals surface area contributed by atoms with Crippen LogP contribution < -0.4 is 4.90 Å². The predicted octanol–water partition coefficient (Wildman–Crippen LogP) is 0.741. The fourth-order valence-electron chi connectivity index (χ4n) is 3.45. The quantitative estimate of drug-likeness (QED) is 0.792. The lowest BCUT2D eigenvalue weighted by Crippen LogP contribution is -2.51. The van der Waals surface area contributed by atoms with Crippen LogP contribution in [-0.4, -0.2) is 76.7 Å². The minimum Gasteiger partial charge on any atom is -0.338 e. The van der Waals surface area contributed by atoms with E-state index in [1.54, 1.807) is 0 Å². The van der Waals surface area contributed by atoms with Crippen molar-refractivity contribution in [2.45, 2.75) is 39.5 Å². The Morgan fingerprint density at radius 3 is 2.21 bits per heavy atom. The molecule has 1 amide bonds. The highest BCUT2D eigenvalue weighted by atomic mass is 16.2. The van der Waals surface area contributed by atoms with Crippen LogP contribution in [0.5, 0.6) is 0 Å². The molecule has 1 aromatic heterocycles. The first-order chi connectivity index (χ1) is 11.7. The molecule has 2 aliphatic rings. The molecule has 2 fully saturated rings. The number of aryl methyl sites for hydroxylation is 2. The standard InChI is InChI=1S/C17H28N6O/c1-3-14-15(4-2)19-20-17(18-14)23-11-9-22(10-12-23)16(24)13-21-7-5-6-8-21/h3-13H2,1-2H3. The molecule has 0 aliphatic carbocycles. The first-order valence-corrected chi connectivity index (χ1v) is 9.18. The van der Waals surface area contributed by atoms with Crippen molar-refractivity contribution in [3.05, 3.63) is 11.4 Å². The number of nitrogens with zero attached hydrogens (tertiary/aromatic N) is 6. The minimum atomic E-state index is 0.256. The lowest BCUT2D eigenvalue weighted by Gasteiger charge is -2.35. The van der Waals surface area contributed by atoms with Crippen molar-refractivity contribution in [3.8, 4) is 0 Å². The van der Waals surface area contributed by atoms with Crippen molar-refractivity contribution in [1.29, 1.82) is 0 Å². The average Bonchev–Trinajstić information content (AvgIpc) is 3.14. The zero-order valence-corrected chi connectivity index (χ0v) is 14.9. The Balaban J connectivity index is 1.55. The van der Waals surface area contributed by atoms with E-state index in [1.165, 1.54) is 12.8 Å². The van der Waals surface area contributed by atoms with Gasteiger partial charge in [0.25, 0.3) is 0 Å². The number of piperazine rings is 1. The summed E-state index contributed by atoms with van der Waals surface area (Å²) >= 11 is 0. The molecule has 3 heterocycles. The van der Waals surface area contributed by atoms with Gasteiger partial charge in [0, 0.05) is 26.2 Å². The van der Waals surface area contributed by atoms with E-state index in [2.05, 4.69) is 38.8 Å². The maximum absolute atomic E-state index is 12.4. The maximum Gasteiger partial charge on any atom is 0.245 e. The van der Waals surface area contributed by atoms with Crippen LogP contribution in [0.2, 0.25) is 0 Å². The van der Waals surface area contributed by atoms with Gasteiger partial charge < -0.3 is 9.80 Å². The zero-order valence-electron chi connectivity index (χ0n) is 14.9. The summed E-state index contributed by atoms with van der Waals surface area (Å²) in [5.74, 6) is 0.960. The monoisotopic (exact) mass is 332 g/mol. The van der Waals surface area contributed by atoms with E-state index < -0.39 is 0 Å². The largest absolute Gasteiger partial charge is 0.338 e. The summed E-state index contributed by atoms with van der Waals surface area (Å²) in [6.45, 7) is 9.92. The molecule has 0 N–H and O–H groups in total. The number of aromatic nitrogens is 3. The maximum atomic E-state index is 12.4. The molecular weight excluding hydrogens is 304 g/mol. The molecule has 0 radical (unpaired) electrons. The summed E-state index contributed by atoms with van der Waals surface area (Å²) in [6, 6.07) is 0. The van der Waals surface area contributed by atoms with Crippen LogP contribution in [0.4, 0.5) is 5.95 Å². The van der Waals surface area contributed by atoms with Crippen LogP contribution in [0, 0.1) is 0 Å². The summed E-state index contributed by atoms with van der Waals surface area (Å²) in [5.41, 5.74) is 2.02. The molecule has 24 heavy (non-hydrogen) atoms. The van der Waals surface area contributed by atoms with E-state index in [0.29, 0.717) is 12.5 Å². The van der Waals surface area contributed by atoms with Gasteiger partial charge >= 0.3 is 0 Å². The average molecular weight is 332 g/mol. The Kier molecular flexibility index (Phi) is 5.60. The molecule has 2 aliphatic heterocycles. The normalized spacial score (nSPS) is 19.1. The van der Waals surface area contributed by atoms with Gasteiger partial charge in [0.1, 0.15) is 0 Å². The minimum absolute atomic E-state index is 0.256. The number of amides is 1. The molecule has 0 bridgehead atoms. The van der Waals surface area contributed by atoms with Crippen molar-refractivity contribution in [1.82, 2.24) is 25.0 Å². The van der Waals surface area contributed by atoms with Gasteiger partial charge in [0.05, 0.1) is 17.9 Å². The molecule has 0 aromatic carbocycles. The predicted molar refractivity (Wildman–Crippen MR) is 93.1 cm³/mol.